The van der Waals surface area contributed by atoms with Gasteiger partial charge in [-0.25, -0.2) is 8.78 Å². The maximum Gasteiger partial charge on any atom is 0.137 e. The van der Waals surface area contributed by atoms with Crippen LogP contribution in [0.25, 0.3) is 0 Å². The van der Waals surface area contributed by atoms with Crippen LogP contribution in [0.4, 0.5) is 8.78 Å². The molecule has 0 aliphatic carbocycles. The SMILES string of the molecule is CCC(CN)CC(=O)Cc1cc(F)cc(F)c1. The zero-order valence-electron chi connectivity index (χ0n) is 9.88. The van der Waals surface area contributed by atoms with Crippen LogP contribution in [0.5, 0.6) is 0 Å². The number of ketones is 1. The summed E-state index contributed by atoms with van der Waals surface area (Å²) in [4.78, 5) is 11.7. The van der Waals surface area contributed by atoms with Crippen LogP contribution in [0, 0.1) is 17.6 Å². The van der Waals surface area contributed by atoms with E-state index in [1.165, 1.54) is 12.1 Å². The number of carbonyl (C=O) groups excluding carboxylic acids is 1. The molecule has 1 unspecified atom stereocenters. The van der Waals surface area contributed by atoms with E-state index >= 15 is 0 Å². The van der Waals surface area contributed by atoms with Crippen LogP contribution in [-0.2, 0) is 11.2 Å². The molecule has 0 radical (unpaired) electrons. The van der Waals surface area contributed by atoms with Gasteiger partial charge in [-0.05, 0) is 30.2 Å². The lowest BCUT2D eigenvalue weighted by molar-refractivity contribution is -0.119. The second-order valence-corrected chi connectivity index (χ2v) is 4.21. The van der Waals surface area contributed by atoms with E-state index in [1.807, 2.05) is 6.92 Å². The topological polar surface area (TPSA) is 43.1 Å². The van der Waals surface area contributed by atoms with Gasteiger partial charge in [-0.3, -0.25) is 4.79 Å². The summed E-state index contributed by atoms with van der Waals surface area (Å²) in [5, 5.41) is 0. The maximum atomic E-state index is 12.9. The fourth-order valence-electron chi connectivity index (χ4n) is 1.73. The molecule has 2 nitrogen and oxygen atoms in total. The normalized spacial score (nSPS) is 12.5. The van der Waals surface area contributed by atoms with Crippen molar-refractivity contribution in [1.82, 2.24) is 0 Å². The first-order valence-electron chi connectivity index (χ1n) is 5.71. The third kappa shape index (κ3) is 4.61. The molecule has 4 heteroatoms. The van der Waals surface area contributed by atoms with Crippen molar-refractivity contribution in [1.29, 1.82) is 0 Å². The number of Topliss-reactive ketones (excluding diaryl/α,β-unsaturated/α-hetero) is 1. The zero-order valence-corrected chi connectivity index (χ0v) is 9.88. The minimum Gasteiger partial charge on any atom is -0.330 e. The van der Waals surface area contributed by atoms with Crippen LogP contribution in [0.1, 0.15) is 25.3 Å². The van der Waals surface area contributed by atoms with Crippen molar-refractivity contribution < 1.29 is 13.6 Å². The first-order chi connectivity index (χ1) is 8.05. The minimum atomic E-state index is -0.654. The van der Waals surface area contributed by atoms with Gasteiger partial charge < -0.3 is 5.73 Å². The molecule has 1 atom stereocenters. The molecule has 0 heterocycles. The second-order valence-electron chi connectivity index (χ2n) is 4.21. The molecule has 1 aromatic rings. The molecule has 0 saturated heterocycles. The van der Waals surface area contributed by atoms with Gasteiger partial charge >= 0.3 is 0 Å². The van der Waals surface area contributed by atoms with E-state index < -0.39 is 11.6 Å². The Labute approximate surface area is 99.8 Å². The Balaban J connectivity index is 2.61. The summed E-state index contributed by atoms with van der Waals surface area (Å²) in [7, 11) is 0. The monoisotopic (exact) mass is 241 g/mol. The molecule has 94 valence electrons. The van der Waals surface area contributed by atoms with E-state index in [0.29, 0.717) is 18.5 Å². The number of rotatable bonds is 6. The van der Waals surface area contributed by atoms with E-state index in [2.05, 4.69) is 0 Å². The summed E-state index contributed by atoms with van der Waals surface area (Å²) in [6.07, 6.45) is 1.26. The van der Waals surface area contributed by atoms with E-state index in [1.54, 1.807) is 0 Å². The van der Waals surface area contributed by atoms with Crippen LogP contribution in [-0.4, -0.2) is 12.3 Å². The van der Waals surface area contributed by atoms with Crippen LogP contribution in [0.3, 0.4) is 0 Å². The van der Waals surface area contributed by atoms with E-state index in [9.17, 15) is 13.6 Å². The first kappa shape index (κ1) is 13.8. The van der Waals surface area contributed by atoms with Gasteiger partial charge in [0.05, 0.1) is 0 Å². The van der Waals surface area contributed by atoms with E-state index in [4.69, 9.17) is 5.73 Å². The first-order valence-corrected chi connectivity index (χ1v) is 5.71. The molecule has 0 spiro atoms. The van der Waals surface area contributed by atoms with Crippen LogP contribution in [0.2, 0.25) is 0 Å². The standard InChI is InChI=1S/C13H17F2NO/c1-2-9(8-16)5-13(17)6-10-3-11(14)7-12(15)4-10/h3-4,7,9H,2,5-6,8,16H2,1H3. The van der Waals surface area contributed by atoms with Crippen molar-refractivity contribution in [2.75, 3.05) is 6.54 Å². The Hall–Kier alpha value is -1.29. The highest BCUT2D eigenvalue weighted by Crippen LogP contribution is 2.12. The van der Waals surface area contributed by atoms with Crippen molar-refractivity contribution >= 4 is 5.78 Å². The molecule has 0 saturated carbocycles. The average molecular weight is 241 g/mol. The van der Waals surface area contributed by atoms with Crippen molar-refractivity contribution in [2.24, 2.45) is 11.7 Å². The van der Waals surface area contributed by atoms with Gasteiger partial charge in [-0.15, -0.1) is 0 Å². The molecular formula is C13H17F2NO. The number of hydrogen-bond acceptors (Lipinski definition) is 2. The third-order valence-electron chi connectivity index (χ3n) is 2.75. The Kier molecular flexibility index (Phi) is 5.22. The predicted molar refractivity (Wildman–Crippen MR) is 62.5 cm³/mol. The van der Waals surface area contributed by atoms with Crippen LogP contribution in [0.15, 0.2) is 18.2 Å². The van der Waals surface area contributed by atoms with Crippen molar-refractivity contribution in [2.45, 2.75) is 26.2 Å². The smallest absolute Gasteiger partial charge is 0.137 e. The van der Waals surface area contributed by atoms with Gasteiger partial charge in [-0.2, -0.15) is 0 Å². The molecule has 1 aromatic carbocycles. The lowest BCUT2D eigenvalue weighted by Crippen LogP contribution is -2.18. The summed E-state index contributed by atoms with van der Waals surface area (Å²) in [5.41, 5.74) is 5.88. The molecule has 0 fully saturated rings. The van der Waals surface area contributed by atoms with Crippen LogP contribution < -0.4 is 5.73 Å². The molecule has 0 aliphatic rings. The third-order valence-corrected chi connectivity index (χ3v) is 2.75. The Bertz CT molecular complexity index is 369. The van der Waals surface area contributed by atoms with Gasteiger partial charge in [0.15, 0.2) is 0 Å². The van der Waals surface area contributed by atoms with Crippen molar-refractivity contribution in [3.63, 3.8) is 0 Å². The van der Waals surface area contributed by atoms with E-state index in [0.717, 1.165) is 12.5 Å². The quantitative estimate of drug-likeness (QED) is 0.831. The molecule has 2 N–H and O–H groups in total. The number of halogens is 2. The fraction of sp³-hybridized carbons (Fsp3) is 0.462. The lowest BCUT2D eigenvalue weighted by Gasteiger charge is -2.10. The van der Waals surface area contributed by atoms with Gasteiger partial charge in [0.25, 0.3) is 0 Å². The molecule has 1 rings (SSSR count). The summed E-state index contributed by atoms with van der Waals surface area (Å²) in [5.74, 6) is -1.19. The number of benzene rings is 1. The minimum absolute atomic E-state index is 0.0349. The number of nitrogens with two attached hydrogens (primary N) is 1. The Morgan fingerprint density at radius 3 is 2.35 bits per heavy atom. The van der Waals surface area contributed by atoms with Crippen molar-refractivity contribution in [3.05, 3.63) is 35.4 Å². The number of hydrogen-bond donors (Lipinski definition) is 1. The molecular weight excluding hydrogens is 224 g/mol. The highest BCUT2D eigenvalue weighted by atomic mass is 19.1. The number of carbonyl (C=O) groups is 1. The second kappa shape index (κ2) is 6.45. The van der Waals surface area contributed by atoms with Gasteiger partial charge in [0.2, 0.25) is 0 Å². The predicted octanol–water partition coefficient (Wildman–Crippen LogP) is 2.45. The summed E-state index contributed by atoms with van der Waals surface area (Å²) in [6, 6.07) is 3.16. The molecule has 0 aromatic heterocycles. The summed E-state index contributed by atoms with van der Waals surface area (Å²) in [6.45, 7) is 2.42. The summed E-state index contributed by atoms with van der Waals surface area (Å²) >= 11 is 0. The Morgan fingerprint density at radius 2 is 1.88 bits per heavy atom. The zero-order chi connectivity index (χ0) is 12.8. The maximum absolute atomic E-state index is 12.9. The van der Waals surface area contributed by atoms with Gasteiger partial charge in [-0.1, -0.05) is 13.3 Å². The van der Waals surface area contributed by atoms with Crippen LogP contribution >= 0.6 is 0 Å². The highest BCUT2D eigenvalue weighted by molar-refractivity contribution is 5.81. The van der Waals surface area contributed by atoms with Gasteiger partial charge in [0.1, 0.15) is 17.4 Å². The molecule has 0 aliphatic heterocycles. The lowest BCUT2D eigenvalue weighted by atomic mass is 9.96. The average Bonchev–Trinajstić information content (AvgIpc) is 2.24. The largest absolute Gasteiger partial charge is 0.330 e. The van der Waals surface area contributed by atoms with Crippen molar-refractivity contribution in [3.8, 4) is 0 Å². The molecule has 0 amide bonds. The molecule has 17 heavy (non-hydrogen) atoms. The summed E-state index contributed by atoms with van der Waals surface area (Å²) < 4.78 is 25.8. The fourth-order valence-corrected chi connectivity index (χ4v) is 1.73. The van der Waals surface area contributed by atoms with Gasteiger partial charge in [0, 0.05) is 18.9 Å². The highest BCUT2D eigenvalue weighted by Gasteiger charge is 2.12. The molecule has 0 bridgehead atoms. The Morgan fingerprint density at radius 1 is 1.29 bits per heavy atom. The van der Waals surface area contributed by atoms with E-state index in [-0.39, 0.29) is 18.1 Å².